The summed E-state index contributed by atoms with van der Waals surface area (Å²) in [5.74, 6) is 3.04. The van der Waals surface area contributed by atoms with Crippen LogP contribution in [0, 0.1) is 29.8 Å². The molecular formula is C21H20N2O4S. The van der Waals surface area contributed by atoms with E-state index in [2.05, 4.69) is 11.1 Å². The van der Waals surface area contributed by atoms with Crippen LogP contribution < -0.4 is 14.2 Å². The molecule has 7 heteroatoms. The molecule has 0 amide bonds. The maximum absolute atomic E-state index is 9.69. The molecular weight excluding hydrogens is 376 g/mol. The number of H-pyrrole nitrogens is 1. The summed E-state index contributed by atoms with van der Waals surface area (Å²) in [6.45, 7) is 3.77. The molecule has 28 heavy (non-hydrogen) atoms. The summed E-state index contributed by atoms with van der Waals surface area (Å²) in [6.07, 6.45) is 0. The van der Waals surface area contributed by atoms with Crippen LogP contribution in [0.3, 0.4) is 0 Å². The molecule has 6 nitrogen and oxygen atoms in total. The predicted octanol–water partition coefficient (Wildman–Crippen LogP) is 5.19. The van der Waals surface area contributed by atoms with Crippen molar-refractivity contribution in [1.82, 2.24) is 4.98 Å². The van der Waals surface area contributed by atoms with Gasteiger partial charge in [-0.1, -0.05) is 12.2 Å². The number of pyridine rings is 1. The first-order valence-electron chi connectivity index (χ1n) is 8.48. The van der Waals surface area contributed by atoms with Gasteiger partial charge in [0.2, 0.25) is 5.75 Å². The summed E-state index contributed by atoms with van der Waals surface area (Å²) in [6, 6.07) is 9.60. The third-order valence-corrected chi connectivity index (χ3v) is 4.76. The van der Waals surface area contributed by atoms with Gasteiger partial charge in [-0.2, -0.15) is 5.26 Å². The number of ether oxygens (including phenoxy) is 3. The van der Waals surface area contributed by atoms with Crippen LogP contribution in [0.25, 0.3) is 22.4 Å². The third kappa shape index (κ3) is 3.35. The lowest BCUT2D eigenvalue weighted by Crippen LogP contribution is -1.98. The molecule has 0 atom stereocenters. The fourth-order valence-corrected chi connectivity index (χ4v) is 3.44. The lowest BCUT2D eigenvalue weighted by atomic mass is 9.98. The summed E-state index contributed by atoms with van der Waals surface area (Å²) in [5, 5.41) is 9.69. The van der Waals surface area contributed by atoms with Crippen LogP contribution in [0.2, 0.25) is 0 Å². The van der Waals surface area contributed by atoms with E-state index in [0.717, 1.165) is 28.3 Å². The Balaban J connectivity index is 2.31. The summed E-state index contributed by atoms with van der Waals surface area (Å²) in [7, 11) is 4.64. The molecule has 0 radical (unpaired) electrons. The summed E-state index contributed by atoms with van der Waals surface area (Å²) in [4.78, 5) is 3.13. The Kier molecular flexibility index (Phi) is 5.43. The van der Waals surface area contributed by atoms with Gasteiger partial charge in [-0.25, -0.2) is 0 Å². The number of benzene rings is 1. The Bertz CT molecular complexity index is 1110. The van der Waals surface area contributed by atoms with Crippen molar-refractivity contribution in [2.45, 2.75) is 13.8 Å². The number of aromatic amines is 1. The highest BCUT2D eigenvalue weighted by Gasteiger charge is 2.18. The maximum Gasteiger partial charge on any atom is 0.203 e. The normalized spacial score (nSPS) is 10.4. The van der Waals surface area contributed by atoms with Crippen molar-refractivity contribution in [2.24, 2.45) is 0 Å². The Morgan fingerprint density at radius 3 is 2.07 bits per heavy atom. The molecule has 0 aliphatic heterocycles. The summed E-state index contributed by atoms with van der Waals surface area (Å²) >= 11 is 5.45. The van der Waals surface area contributed by atoms with E-state index in [1.165, 1.54) is 0 Å². The monoisotopic (exact) mass is 396 g/mol. The average molecular weight is 396 g/mol. The van der Waals surface area contributed by atoms with Crippen LogP contribution in [0.5, 0.6) is 17.2 Å². The largest absolute Gasteiger partial charge is 0.493 e. The lowest BCUT2D eigenvalue weighted by Gasteiger charge is -2.15. The van der Waals surface area contributed by atoms with Gasteiger partial charge in [-0.3, -0.25) is 0 Å². The first-order valence-corrected chi connectivity index (χ1v) is 8.89. The number of furan rings is 1. The maximum atomic E-state index is 9.69. The van der Waals surface area contributed by atoms with Gasteiger partial charge >= 0.3 is 0 Å². The molecule has 0 fully saturated rings. The molecule has 3 rings (SSSR count). The smallest absolute Gasteiger partial charge is 0.203 e. The molecule has 0 saturated heterocycles. The minimum Gasteiger partial charge on any atom is -0.493 e. The predicted molar refractivity (Wildman–Crippen MR) is 109 cm³/mol. The van der Waals surface area contributed by atoms with E-state index in [4.69, 9.17) is 30.8 Å². The number of methoxy groups -OCH3 is 3. The van der Waals surface area contributed by atoms with Gasteiger partial charge in [0.25, 0.3) is 0 Å². The highest BCUT2D eigenvalue weighted by Crippen LogP contribution is 2.42. The SMILES string of the molecule is COc1cc(-c2cc(-c3cc(C)oc3C)[nH]c(=S)c2C#N)cc(OC)c1OC. The number of rotatable bonds is 5. The number of aromatic nitrogens is 1. The van der Waals surface area contributed by atoms with Crippen molar-refractivity contribution in [1.29, 1.82) is 5.26 Å². The van der Waals surface area contributed by atoms with E-state index < -0.39 is 0 Å². The molecule has 144 valence electrons. The van der Waals surface area contributed by atoms with Gasteiger partial charge in [-0.05, 0) is 43.7 Å². The molecule has 2 heterocycles. The molecule has 0 unspecified atom stereocenters. The molecule has 3 aromatic rings. The van der Waals surface area contributed by atoms with E-state index in [9.17, 15) is 5.26 Å². The molecule has 0 aliphatic rings. The molecule has 0 bridgehead atoms. The van der Waals surface area contributed by atoms with Crippen LogP contribution in [-0.4, -0.2) is 26.3 Å². The second-order valence-electron chi connectivity index (χ2n) is 6.15. The summed E-state index contributed by atoms with van der Waals surface area (Å²) < 4.78 is 22.3. The lowest BCUT2D eigenvalue weighted by molar-refractivity contribution is 0.324. The van der Waals surface area contributed by atoms with Crippen molar-refractivity contribution in [3.63, 3.8) is 0 Å². The van der Waals surface area contributed by atoms with Crippen LogP contribution in [0.15, 0.2) is 28.7 Å². The van der Waals surface area contributed by atoms with Crippen LogP contribution >= 0.6 is 12.2 Å². The van der Waals surface area contributed by atoms with E-state index >= 15 is 0 Å². The number of hydrogen-bond donors (Lipinski definition) is 1. The Morgan fingerprint density at radius 2 is 1.61 bits per heavy atom. The zero-order valence-electron chi connectivity index (χ0n) is 16.3. The standard InChI is InChI=1S/C21H20N2O4S/c1-11-6-14(12(2)27-11)17-9-15(16(10-22)21(28)23-17)13-7-18(24-3)20(26-5)19(8-13)25-4/h6-9H,1-5H3,(H,23,28). The van der Waals surface area contributed by atoms with Gasteiger partial charge in [0.1, 0.15) is 22.2 Å². The second kappa shape index (κ2) is 7.79. The van der Waals surface area contributed by atoms with E-state index in [-0.39, 0.29) is 0 Å². The average Bonchev–Trinajstić information content (AvgIpc) is 3.04. The Hall–Kier alpha value is -3.24. The Morgan fingerprint density at radius 1 is 0.964 bits per heavy atom. The van der Waals surface area contributed by atoms with Crippen molar-refractivity contribution in [3.05, 3.63) is 46.0 Å². The quantitative estimate of drug-likeness (QED) is 0.598. The number of nitrogens with zero attached hydrogens (tertiary/aromatic N) is 1. The van der Waals surface area contributed by atoms with Crippen molar-refractivity contribution in [2.75, 3.05) is 21.3 Å². The van der Waals surface area contributed by atoms with Crippen LogP contribution in [-0.2, 0) is 0 Å². The van der Waals surface area contributed by atoms with Gasteiger partial charge < -0.3 is 23.6 Å². The molecule has 0 aliphatic carbocycles. The third-order valence-electron chi connectivity index (χ3n) is 4.45. The molecule has 0 saturated carbocycles. The van der Waals surface area contributed by atoms with Gasteiger partial charge in [0.15, 0.2) is 11.5 Å². The minimum absolute atomic E-state index is 0.349. The minimum atomic E-state index is 0.349. The second-order valence-corrected chi connectivity index (χ2v) is 6.56. The topological polar surface area (TPSA) is 80.4 Å². The van der Waals surface area contributed by atoms with Crippen LogP contribution in [0.4, 0.5) is 0 Å². The fourth-order valence-electron chi connectivity index (χ4n) is 3.18. The molecule has 2 aromatic heterocycles. The van der Waals surface area contributed by atoms with E-state index in [1.807, 2.05) is 26.0 Å². The first kappa shape index (κ1) is 19.5. The number of nitrogens with one attached hydrogen (secondary N) is 1. The Labute approximate surface area is 168 Å². The highest BCUT2D eigenvalue weighted by molar-refractivity contribution is 7.71. The van der Waals surface area contributed by atoms with E-state index in [0.29, 0.717) is 33.0 Å². The first-order chi connectivity index (χ1) is 13.4. The number of hydrogen-bond acceptors (Lipinski definition) is 6. The van der Waals surface area contributed by atoms with Crippen molar-refractivity contribution in [3.8, 4) is 45.7 Å². The number of aryl methyl sites for hydroxylation is 2. The molecule has 1 aromatic carbocycles. The highest BCUT2D eigenvalue weighted by atomic mass is 32.1. The van der Waals surface area contributed by atoms with Crippen molar-refractivity contribution >= 4 is 12.2 Å². The van der Waals surface area contributed by atoms with Gasteiger partial charge in [-0.15, -0.1) is 0 Å². The molecule has 0 spiro atoms. The van der Waals surface area contributed by atoms with E-state index in [1.54, 1.807) is 33.5 Å². The summed E-state index contributed by atoms with van der Waals surface area (Å²) in [5.41, 5.74) is 3.42. The van der Waals surface area contributed by atoms with Gasteiger partial charge in [0, 0.05) is 11.1 Å². The fraction of sp³-hybridized carbons (Fsp3) is 0.238. The zero-order chi connectivity index (χ0) is 20.4. The zero-order valence-corrected chi connectivity index (χ0v) is 17.1. The molecule has 1 N–H and O–H groups in total. The van der Waals surface area contributed by atoms with Crippen molar-refractivity contribution < 1.29 is 18.6 Å². The number of nitriles is 1. The van der Waals surface area contributed by atoms with Gasteiger partial charge in [0.05, 0.1) is 32.6 Å². The van der Waals surface area contributed by atoms with Crippen LogP contribution in [0.1, 0.15) is 17.1 Å².